The highest BCUT2D eigenvalue weighted by molar-refractivity contribution is 6.04. The lowest BCUT2D eigenvalue weighted by atomic mass is 10.0. The molecule has 0 radical (unpaired) electrons. The van der Waals surface area contributed by atoms with Crippen molar-refractivity contribution in [3.63, 3.8) is 0 Å². The lowest BCUT2D eigenvalue weighted by molar-refractivity contribution is -0.143. The van der Waals surface area contributed by atoms with Gasteiger partial charge in [-0.15, -0.1) is 0 Å². The number of anilines is 1. The molecular weight excluding hydrogens is 411 g/mol. The molecule has 1 aromatic heterocycles. The number of aromatic nitrogens is 1. The maximum absolute atomic E-state index is 12.8. The molecule has 2 N–H and O–H groups in total. The number of hydrogen-bond acceptors (Lipinski definition) is 2. The molecule has 1 amide bonds. The van der Waals surface area contributed by atoms with E-state index in [2.05, 4.69) is 0 Å². The molecule has 0 saturated carbocycles. The maximum atomic E-state index is 12.8. The molecule has 28 heavy (non-hydrogen) atoms. The first-order valence-electron chi connectivity index (χ1n) is 7.00. The zero-order valence-corrected chi connectivity index (χ0v) is 13.1. The van der Waals surface area contributed by atoms with E-state index in [0.29, 0.717) is 0 Å². The van der Waals surface area contributed by atoms with Gasteiger partial charge in [0, 0.05) is 11.8 Å². The number of hydrogen-bond donors (Lipinski definition) is 2. The summed E-state index contributed by atoms with van der Waals surface area (Å²) >= 11 is 0. The SMILES string of the molecule is O=C(Nc1cc(C(F)(F)F)c[nH]c1=O)c1cc(C(F)(F)F)cc(C(F)(F)F)c1. The largest absolute Gasteiger partial charge is 0.417 e. The van der Waals surface area contributed by atoms with Crippen LogP contribution in [0.25, 0.3) is 0 Å². The third kappa shape index (κ3) is 4.84. The molecule has 0 atom stereocenters. The minimum absolute atomic E-state index is 0.0758. The fraction of sp³-hybridized carbons (Fsp3) is 0.200. The summed E-state index contributed by atoms with van der Waals surface area (Å²) in [7, 11) is 0. The van der Waals surface area contributed by atoms with Crippen LogP contribution in [0.2, 0.25) is 0 Å². The predicted molar refractivity (Wildman–Crippen MR) is 76.5 cm³/mol. The molecule has 0 unspecified atom stereocenters. The first-order chi connectivity index (χ1) is 12.6. The van der Waals surface area contributed by atoms with Gasteiger partial charge in [0.2, 0.25) is 0 Å². The fourth-order valence-corrected chi connectivity index (χ4v) is 2.02. The van der Waals surface area contributed by atoms with Gasteiger partial charge in [-0.25, -0.2) is 0 Å². The number of H-pyrrole nitrogens is 1. The molecule has 1 aromatic carbocycles. The van der Waals surface area contributed by atoms with E-state index in [9.17, 15) is 49.1 Å². The third-order valence-corrected chi connectivity index (χ3v) is 3.33. The van der Waals surface area contributed by atoms with E-state index in [1.165, 1.54) is 0 Å². The van der Waals surface area contributed by atoms with Crippen molar-refractivity contribution in [1.29, 1.82) is 0 Å². The second-order valence-corrected chi connectivity index (χ2v) is 5.38. The monoisotopic (exact) mass is 418 g/mol. The van der Waals surface area contributed by atoms with E-state index >= 15 is 0 Å². The van der Waals surface area contributed by atoms with E-state index in [0.717, 1.165) is 0 Å². The Bertz CT molecular complexity index is 923. The highest BCUT2D eigenvalue weighted by Gasteiger charge is 2.37. The topological polar surface area (TPSA) is 62.0 Å². The number of alkyl halides is 9. The lowest BCUT2D eigenvalue weighted by Crippen LogP contribution is -2.22. The van der Waals surface area contributed by atoms with Gasteiger partial charge in [0.25, 0.3) is 11.5 Å². The van der Waals surface area contributed by atoms with Gasteiger partial charge in [-0.05, 0) is 24.3 Å². The second-order valence-electron chi connectivity index (χ2n) is 5.38. The molecule has 2 rings (SSSR count). The zero-order chi connectivity index (χ0) is 21.5. The van der Waals surface area contributed by atoms with Crippen molar-refractivity contribution in [2.45, 2.75) is 18.5 Å². The van der Waals surface area contributed by atoms with Crippen molar-refractivity contribution in [3.05, 3.63) is 63.1 Å². The van der Waals surface area contributed by atoms with Crippen molar-refractivity contribution >= 4 is 11.6 Å². The summed E-state index contributed by atoms with van der Waals surface area (Å²) in [6.45, 7) is 0. The Morgan fingerprint density at radius 1 is 0.750 bits per heavy atom. The van der Waals surface area contributed by atoms with E-state index in [-0.39, 0.29) is 30.5 Å². The first-order valence-corrected chi connectivity index (χ1v) is 7.00. The summed E-state index contributed by atoms with van der Waals surface area (Å²) in [6.07, 6.45) is -15.1. The number of pyridine rings is 1. The number of carbonyl (C=O) groups is 1. The quantitative estimate of drug-likeness (QED) is 0.696. The Hall–Kier alpha value is -2.99. The van der Waals surface area contributed by atoms with Crippen molar-refractivity contribution < 1.29 is 44.3 Å². The average Bonchev–Trinajstić information content (AvgIpc) is 2.53. The van der Waals surface area contributed by atoms with Crippen LogP contribution in [0.3, 0.4) is 0 Å². The van der Waals surface area contributed by atoms with Crippen LogP contribution in [0.1, 0.15) is 27.0 Å². The fourth-order valence-electron chi connectivity index (χ4n) is 2.02. The predicted octanol–water partition coefficient (Wildman–Crippen LogP) is 4.68. The molecule has 0 fully saturated rings. The lowest BCUT2D eigenvalue weighted by Gasteiger charge is -2.14. The van der Waals surface area contributed by atoms with Crippen molar-refractivity contribution in [2.24, 2.45) is 0 Å². The smallest absolute Gasteiger partial charge is 0.327 e. The van der Waals surface area contributed by atoms with Crippen LogP contribution >= 0.6 is 0 Å². The molecule has 0 spiro atoms. The summed E-state index contributed by atoms with van der Waals surface area (Å²) < 4.78 is 115. The van der Waals surface area contributed by atoms with E-state index in [1.807, 2.05) is 0 Å². The van der Waals surface area contributed by atoms with Crippen LogP contribution in [0.5, 0.6) is 0 Å². The highest BCUT2D eigenvalue weighted by Crippen LogP contribution is 2.36. The number of halogens is 9. The summed E-state index contributed by atoms with van der Waals surface area (Å²) in [4.78, 5) is 25.2. The summed E-state index contributed by atoms with van der Waals surface area (Å²) in [5.41, 5.74) is -8.41. The standard InChI is InChI=1S/C15H7F9N2O2/c16-13(17,18)7-1-6(2-8(3-7)14(19,20)21)11(27)26-10-4-9(15(22,23)24)5-25-12(10)28/h1-5H,(H,25,28)(H,26,27). The molecule has 0 bridgehead atoms. The molecule has 0 aliphatic carbocycles. The van der Waals surface area contributed by atoms with Crippen molar-refractivity contribution in [2.75, 3.05) is 5.32 Å². The number of aromatic amines is 1. The zero-order valence-electron chi connectivity index (χ0n) is 13.1. The Morgan fingerprint density at radius 2 is 1.21 bits per heavy atom. The first kappa shape index (κ1) is 21.3. The van der Waals surface area contributed by atoms with Gasteiger partial charge < -0.3 is 10.3 Å². The second kappa shape index (κ2) is 6.87. The Balaban J connectivity index is 2.49. The highest BCUT2D eigenvalue weighted by atomic mass is 19.4. The van der Waals surface area contributed by atoms with Crippen LogP contribution < -0.4 is 10.9 Å². The molecule has 152 valence electrons. The minimum atomic E-state index is -5.23. The van der Waals surface area contributed by atoms with Crippen molar-refractivity contribution in [1.82, 2.24) is 4.98 Å². The molecule has 4 nitrogen and oxygen atoms in total. The molecule has 2 aromatic rings. The minimum Gasteiger partial charge on any atom is -0.327 e. The number of amides is 1. The van der Waals surface area contributed by atoms with Crippen LogP contribution in [0.4, 0.5) is 45.2 Å². The van der Waals surface area contributed by atoms with Crippen LogP contribution in [-0.2, 0) is 18.5 Å². The van der Waals surface area contributed by atoms with Crippen LogP contribution in [-0.4, -0.2) is 10.9 Å². The van der Waals surface area contributed by atoms with Gasteiger partial charge in [0.05, 0.1) is 16.7 Å². The molecular formula is C15H7F9N2O2. The molecule has 0 aliphatic rings. The van der Waals surface area contributed by atoms with Crippen molar-refractivity contribution in [3.8, 4) is 0 Å². The Morgan fingerprint density at radius 3 is 1.64 bits per heavy atom. The van der Waals surface area contributed by atoms with Crippen LogP contribution in [0.15, 0.2) is 35.3 Å². The Kier molecular flexibility index (Phi) is 5.23. The number of nitrogens with one attached hydrogen (secondary N) is 2. The van der Waals surface area contributed by atoms with Gasteiger partial charge in [-0.1, -0.05) is 0 Å². The summed E-state index contributed by atoms with van der Waals surface area (Å²) in [5, 5.41) is 1.58. The van der Waals surface area contributed by atoms with E-state index in [4.69, 9.17) is 0 Å². The molecule has 1 heterocycles. The number of benzene rings is 1. The average molecular weight is 418 g/mol. The van der Waals surface area contributed by atoms with Gasteiger partial charge in [0.15, 0.2) is 0 Å². The number of rotatable bonds is 2. The molecule has 13 heteroatoms. The maximum Gasteiger partial charge on any atom is 0.417 e. The molecule has 0 saturated heterocycles. The van der Waals surface area contributed by atoms with E-state index < -0.39 is 57.9 Å². The van der Waals surface area contributed by atoms with Gasteiger partial charge in [-0.2, -0.15) is 39.5 Å². The van der Waals surface area contributed by atoms with Gasteiger partial charge in [-0.3, -0.25) is 9.59 Å². The normalized spacial score (nSPS) is 12.8. The molecule has 0 aliphatic heterocycles. The summed E-state index contributed by atoms with van der Waals surface area (Å²) in [6, 6.07) is 0.113. The van der Waals surface area contributed by atoms with Gasteiger partial charge >= 0.3 is 18.5 Å². The van der Waals surface area contributed by atoms with Gasteiger partial charge in [0.1, 0.15) is 5.69 Å². The van der Waals surface area contributed by atoms with E-state index in [1.54, 1.807) is 10.3 Å². The summed E-state index contributed by atoms with van der Waals surface area (Å²) in [5.74, 6) is -1.64. The van der Waals surface area contributed by atoms with Crippen LogP contribution in [0, 0.1) is 0 Å². The number of carbonyl (C=O) groups excluding carboxylic acids is 1. The third-order valence-electron chi connectivity index (χ3n) is 3.33. The Labute approximate surface area is 149 Å².